The first-order chi connectivity index (χ1) is 8.66. The number of hydrogen-bond donors (Lipinski definition) is 2. The minimum Gasteiger partial charge on any atom is -0.396 e. The monoisotopic (exact) mass is 256 g/mol. The first kappa shape index (κ1) is 12.9. The van der Waals surface area contributed by atoms with Crippen LogP contribution in [-0.4, -0.2) is 42.3 Å². The molecule has 0 aromatic rings. The van der Waals surface area contributed by atoms with Crippen molar-refractivity contribution in [1.82, 2.24) is 0 Å². The maximum Gasteiger partial charge on any atom is 0.169 e. The van der Waals surface area contributed by atoms with E-state index in [1.54, 1.807) is 0 Å². The Kier molecular flexibility index (Phi) is 3.39. The first-order valence-electron chi connectivity index (χ1n) is 7.41. The van der Waals surface area contributed by atoms with Crippen LogP contribution in [0.25, 0.3) is 0 Å². The van der Waals surface area contributed by atoms with E-state index < -0.39 is 0 Å². The van der Waals surface area contributed by atoms with E-state index in [4.69, 9.17) is 14.6 Å². The molecule has 1 spiro atoms. The summed E-state index contributed by atoms with van der Waals surface area (Å²) in [6.45, 7) is 4.24. The van der Waals surface area contributed by atoms with Crippen molar-refractivity contribution in [1.29, 1.82) is 0 Å². The van der Waals surface area contributed by atoms with Crippen LogP contribution < -0.4 is 5.32 Å². The minimum atomic E-state index is -0.248. The van der Waals surface area contributed by atoms with E-state index in [2.05, 4.69) is 12.2 Å². The molecule has 0 amide bonds. The van der Waals surface area contributed by atoms with Crippen LogP contribution in [-0.2, 0) is 9.47 Å². The molecule has 3 aliphatic rings. The van der Waals surface area contributed by atoms with Crippen molar-refractivity contribution in [3.05, 3.63) is 0 Å². The highest BCUT2D eigenvalue weighted by Crippen LogP contribution is 2.45. The highest BCUT2D eigenvalue weighted by Gasteiger charge is 2.54. The zero-order chi connectivity index (χ0) is 12.6. The molecule has 0 aromatic carbocycles. The van der Waals surface area contributed by atoms with Crippen LogP contribution in [0.4, 0.5) is 0 Å². The second-order valence-electron chi connectivity index (χ2n) is 6.53. The fourth-order valence-electron chi connectivity index (χ4n) is 4.22. The van der Waals surface area contributed by atoms with Gasteiger partial charge < -0.3 is 19.9 Å². The Bertz CT molecular complexity index is 303. The number of nitrogens with two attached hydrogens (primary N) is 1. The zero-order valence-electron chi connectivity index (χ0n) is 11.4. The number of ether oxygens (including phenoxy) is 2. The van der Waals surface area contributed by atoms with Gasteiger partial charge in [-0.2, -0.15) is 0 Å². The van der Waals surface area contributed by atoms with Gasteiger partial charge in [-0.05, 0) is 19.8 Å². The molecule has 2 heterocycles. The summed E-state index contributed by atoms with van der Waals surface area (Å²) >= 11 is 0. The summed E-state index contributed by atoms with van der Waals surface area (Å²) in [5.74, 6) is 0.446. The average molecular weight is 256 g/mol. The Morgan fingerprint density at radius 2 is 2.00 bits per heavy atom. The lowest BCUT2D eigenvalue weighted by Crippen LogP contribution is -3.04. The second kappa shape index (κ2) is 4.75. The lowest BCUT2D eigenvalue weighted by atomic mass is 9.66. The van der Waals surface area contributed by atoms with Gasteiger partial charge in [0.2, 0.25) is 0 Å². The zero-order valence-corrected chi connectivity index (χ0v) is 11.4. The van der Waals surface area contributed by atoms with E-state index in [0.29, 0.717) is 24.1 Å². The summed E-state index contributed by atoms with van der Waals surface area (Å²) in [5.41, 5.74) is 0.332. The number of aliphatic hydroxyl groups is 1. The molecular formula is C14H26NO3+. The molecule has 4 heteroatoms. The molecule has 0 aromatic heterocycles. The molecule has 3 rings (SSSR count). The largest absolute Gasteiger partial charge is 0.396 e. The number of piperidine rings is 1. The SMILES string of the molecule is C[C@@]12CCC3(C[C@@H]1CC[C@H](CCO)[NH2+]2)OCCO3. The highest BCUT2D eigenvalue weighted by molar-refractivity contribution is 4.96. The van der Waals surface area contributed by atoms with Gasteiger partial charge in [-0.1, -0.05) is 0 Å². The maximum absolute atomic E-state index is 9.11. The molecule has 3 N–H and O–H groups in total. The molecular weight excluding hydrogens is 230 g/mol. The smallest absolute Gasteiger partial charge is 0.169 e. The lowest BCUT2D eigenvalue weighted by molar-refractivity contribution is -0.774. The van der Waals surface area contributed by atoms with Gasteiger partial charge in [0.25, 0.3) is 0 Å². The fourth-order valence-corrected chi connectivity index (χ4v) is 4.22. The number of hydrogen-bond acceptors (Lipinski definition) is 3. The molecule has 18 heavy (non-hydrogen) atoms. The van der Waals surface area contributed by atoms with Crippen LogP contribution in [0, 0.1) is 5.92 Å². The summed E-state index contributed by atoms with van der Waals surface area (Å²) in [5, 5.41) is 11.6. The van der Waals surface area contributed by atoms with Crippen molar-refractivity contribution >= 4 is 0 Å². The van der Waals surface area contributed by atoms with E-state index in [0.717, 1.165) is 32.5 Å². The topological polar surface area (TPSA) is 55.3 Å². The Morgan fingerprint density at radius 1 is 1.22 bits per heavy atom. The Hall–Kier alpha value is -0.160. The highest BCUT2D eigenvalue weighted by atomic mass is 16.7. The molecule has 104 valence electrons. The van der Waals surface area contributed by atoms with Gasteiger partial charge in [0, 0.05) is 38.2 Å². The van der Waals surface area contributed by atoms with Crippen molar-refractivity contribution in [3.8, 4) is 0 Å². The second-order valence-corrected chi connectivity index (χ2v) is 6.53. The van der Waals surface area contributed by atoms with Crippen molar-refractivity contribution in [2.45, 2.75) is 62.8 Å². The van der Waals surface area contributed by atoms with E-state index in [1.165, 1.54) is 19.3 Å². The molecule has 0 unspecified atom stereocenters. The number of rotatable bonds is 2. The average Bonchev–Trinajstić information content (AvgIpc) is 2.80. The van der Waals surface area contributed by atoms with Gasteiger partial charge in [-0.25, -0.2) is 0 Å². The molecule has 3 atom stereocenters. The van der Waals surface area contributed by atoms with Gasteiger partial charge in [-0.15, -0.1) is 0 Å². The van der Waals surface area contributed by atoms with Gasteiger partial charge in [-0.3, -0.25) is 0 Å². The standard InChI is InChI=1S/C14H25NO3/c1-13-5-6-14(17-8-9-18-14)10-11(13)2-3-12(15-13)4-7-16/h11-12,15-16H,2-10H2,1H3/p+1/t11-,12+,13+/m0/s1. The Balaban J connectivity index is 1.67. The summed E-state index contributed by atoms with van der Waals surface area (Å²) < 4.78 is 11.7. The third-order valence-corrected chi connectivity index (χ3v) is 5.35. The molecule has 0 bridgehead atoms. The number of aliphatic hydroxyl groups excluding tert-OH is 1. The van der Waals surface area contributed by atoms with Crippen LogP contribution in [0.2, 0.25) is 0 Å². The van der Waals surface area contributed by atoms with Crippen molar-refractivity contribution < 1.29 is 19.9 Å². The molecule has 1 saturated carbocycles. The first-order valence-corrected chi connectivity index (χ1v) is 7.41. The van der Waals surface area contributed by atoms with E-state index in [-0.39, 0.29) is 5.79 Å². The molecule has 4 nitrogen and oxygen atoms in total. The van der Waals surface area contributed by atoms with Crippen LogP contribution in [0.5, 0.6) is 0 Å². The van der Waals surface area contributed by atoms with Gasteiger partial charge in [0.15, 0.2) is 5.79 Å². The quantitative estimate of drug-likeness (QED) is 0.752. The lowest BCUT2D eigenvalue weighted by Gasteiger charge is -2.50. The maximum atomic E-state index is 9.11. The van der Waals surface area contributed by atoms with Gasteiger partial charge >= 0.3 is 0 Å². The normalized spacial score (nSPS) is 43.0. The minimum absolute atomic E-state index is 0.248. The third kappa shape index (κ3) is 2.20. The van der Waals surface area contributed by atoms with E-state index in [1.807, 2.05) is 0 Å². The van der Waals surface area contributed by atoms with Crippen molar-refractivity contribution in [3.63, 3.8) is 0 Å². The fraction of sp³-hybridized carbons (Fsp3) is 1.00. The summed E-state index contributed by atoms with van der Waals surface area (Å²) in [4.78, 5) is 0. The van der Waals surface area contributed by atoms with E-state index in [9.17, 15) is 0 Å². The third-order valence-electron chi connectivity index (χ3n) is 5.35. The Labute approximate surface area is 109 Å². The van der Waals surface area contributed by atoms with Gasteiger partial charge in [0.1, 0.15) is 0 Å². The molecule has 3 fully saturated rings. The molecule has 2 aliphatic heterocycles. The molecule has 1 aliphatic carbocycles. The summed E-state index contributed by atoms with van der Waals surface area (Å²) in [6.07, 6.45) is 6.66. The van der Waals surface area contributed by atoms with Crippen LogP contribution in [0.15, 0.2) is 0 Å². The van der Waals surface area contributed by atoms with E-state index >= 15 is 0 Å². The molecule has 0 radical (unpaired) electrons. The molecule has 2 saturated heterocycles. The number of fused-ring (bicyclic) bond motifs is 1. The summed E-state index contributed by atoms with van der Waals surface area (Å²) in [6, 6.07) is 0.607. The predicted octanol–water partition coefficient (Wildman–Crippen LogP) is 0.397. The van der Waals surface area contributed by atoms with Crippen molar-refractivity contribution in [2.24, 2.45) is 5.92 Å². The van der Waals surface area contributed by atoms with Crippen LogP contribution in [0.3, 0.4) is 0 Å². The van der Waals surface area contributed by atoms with Crippen molar-refractivity contribution in [2.75, 3.05) is 19.8 Å². The summed E-state index contributed by atoms with van der Waals surface area (Å²) in [7, 11) is 0. The van der Waals surface area contributed by atoms with Gasteiger partial charge in [0.05, 0.1) is 24.8 Å². The van der Waals surface area contributed by atoms with Crippen LogP contribution >= 0.6 is 0 Å². The number of quaternary nitrogens is 1. The predicted molar refractivity (Wildman–Crippen MR) is 67.0 cm³/mol. The Morgan fingerprint density at radius 3 is 2.72 bits per heavy atom. The van der Waals surface area contributed by atoms with Crippen LogP contribution in [0.1, 0.15) is 45.4 Å².